The third-order valence-electron chi connectivity index (χ3n) is 4.74. The number of nitrogens with one attached hydrogen (secondary N) is 1. The van der Waals surface area contributed by atoms with Crippen molar-refractivity contribution in [3.05, 3.63) is 52.7 Å². The van der Waals surface area contributed by atoms with E-state index in [1.807, 2.05) is 11.3 Å². The summed E-state index contributed by atoms with van der Waals surface area (Å²) in [6.07, 6.45) is 1.08. The van der Waals surface area contributed by atoms with Crippen LogP contribution in [0.25, 0.3) is 10.1 Å². The second-order valence-electron chi connectivity index (χ2n) is 6.87. The number of methoxy groups -OCH3 is 1. The quantitative estimate of drug-likeness (QED) is 0.710. The number of carbonyl (C=O) groups is 1. The van der Waals surface area contributed by atoms with E-state index in [-0.39, 0.29) is 12.5 Å². The number of ether oxygens (including phenoxy) is 1. The van der Waals surface area contributed by atoms with Crippen molar-refractivity contribution in [2.24, 2.45) is 0 Å². The van der Waals surface area contributed by atoms with Gasteiger partial charge in [-0.3, -0.25) is 14.4 Å². The summed E-state index contributed by atoms with van der Waals surface area (Å²) >= 11 is 1.88. The maximum absolute atomic E-state index is 11.6. The van der Waals surface area contributed by atoms with E-state index in [0.717, 1.165) is 38.3 Å². The van der Waals surface area contributed by atoms with Gasteiger partial charge in [-0.1, -0.05) is 18.2 Å². The monoisotopic (exact) mass is 384 g/mol. The van der Waals surface area contributed by atoms with Crippen LogP contribution in [0.1, 0.15) is 22.7 Å². The predicted octanol–water partition coefficient (Wildman–Crippen LogP) is 2.77. The fourth-order valence-corrected chi connectivity index (χ4v) is 4.62. The van der Waals surface area contributed by atoms with Crippen molar-refractivity contribution in [3.8, 4) is 0 Å². The number of benzene rings is 1. The summed E-state index contributed by atoms with van der Waals surface area (Å²) in [5.41, 5.74) is 2.11. The molecule has 0 atom stereocenters. The Hall–Kier alpha value is -2.22. The Balaban J connectivity index is 1.42. The van der Waals surface area contributed by atoms with Gasteiger partial charge in [0.2, 0.25) is 5.91 Å². The molecule has 0 saturated carbocycles. The van der Waals surface area contributed by atoms with Crippen LogP contribution in [-0.2, 0) is 35.7 Å². The molecule has 4 rings (SSSR count). The van der Waals surface area contributed by atoms with Gasteiger partial charge < -0.3 is 10.1 Å². The summed E-state index contributed by atoms with van der Waals surface area (Å²) in [5.74, 6) is -0.118. The molecule has 0 bridgehead atoms. The van der Waals surface area contributed by atoms with E-state index in [1.165, 1.54) is 27.8 Å². The standard InChI is InChI=1S/C20H24N4O2S/c1-26-14-20(25)21-11-16-10-17-12-23(7-4-8-24(17)22-16)13-18-9-15-5-2-3-6-19(15)27-18/h2-3,5-6,9-10H,4,7-8,11-14H2,1H3,(H,21,25). The summed E-state index contributed by atoms with van der Waals surface area (Å²) in [7, 11) is 1.52. The third-order valence-corrected chi connectivity index (χ3v) is 5.84. The van der Waals surface area contributed by atoms with Gasteiger partial charge in [0.25, 0.3) is 0 Å². The second-order valence-corrected chi connectivity index (χ2v) is 8.04. The molecular formula is C20H24N4O2S. The largest absolute Gasteiger partial charge is 0.375 e. The first-order chi connectivity index (χ1) is 13.2. The molecule has 0 saturated heterocycles. The van der Waals surface area contributed by atoms with Crippen LogP contribution < -0.4 is 5.32 Å². The van der Waals surface area contributed by atoms with E-state index in [4.69, 9.17) is 4.74 Å². The molecule has 6 nitrogen and oxygen atoms in total. The summed E-state index contributed by atoms with van der Waals surface area (Å²) in [4.78, 5) is 15.4. The van der Waals surface area contributed by atoms with Gasteiger partial charge in [0.05, 0.1) is 17.9 Å². The maximum Gasteiger partial charge on any atom is 0.246 e. The summed E-state index contributed by atoms with van der Waals surface area (Å²) in [6, 6.07) is 13.0. The highest BCUT2D eigenvalue weighted by atomic mass is 32.1. The van der Waals surface area contributed by atoms with Gasteiger partial charge in [0, 0.05) is 42.9 Å². The normalized spacial score (nSPS) is 14.9. The summed E-state index contributed by atoms with van der Waals surface area (Å²) < 4.78 is 8.27. The number of hydrogen-bond donors (Lipinski definition) is 1. The average molecular weight is 385 g/mol. The van der Waals surface area contributed by atoms with E-state index < -0.39 is 0 Å². The van der Waals surface area contributed by atoms with Gasteiger partial charge in [-0.05, 0) is 30.0 Å². The lowest BCUT2D eigenvalue weighted by Crippen LogP contribution is -2.26. The van der Waals surface area contributed by atoms with Crippen LogP contribution in [0.3, 0.4) is 0 Å². The molecule has 1 amide bonds. The Morgan fingerprint density at radius 1 is 1.30 bits per heavy atom. The van der Waals surface area contributed by atoms with E-state index in [9.17, 15) is 4.79 Å². The zero-order valence-corrected chi connectivity index (χ0v) is 16.3. The molecule has 142 valence electrons. The molecule has 0 fully saturated rings. The first-order valence-corrected chi connectivity index (χ1v) is 10.0. The highest BCUT2D eigenvalue weighted by Gasteiger charge is 2.18. The minimum Gasteiger partial charge on any atom is -0.375 e. The molecular weight excluding hydrogens is 360 g/mol. The van der Waals surface area contributed by atoms with E-state index in [2.05, 4.69) is 56.4 Å². The van der Waals surface area contributed by atoms with Crippen LogP contribution in [-0.4, -0.2) is 40.8 Å². The Kier molecular flexibility index (Phi) is 5.52. The van der Waals surface area contributed by atoms with Crippen LogP contribution >= 0.6 is 11.3 Å². The first kappa shape index (κ1) is 18.2. The highest BCUT2D eigenvalue weighted by molar-refractivity contribution is 7.19. The van der Waals surface area contributed by atoms with E-state index in [1.54, 1.807) is 0 Å². The van der Waals surface area contributed by atoms with Crippen molar-refractivity contribution in [1.29, 1.82) is 0 Å². The Labute approximate surface area is 162 Å². The molecule has 0 unspecified atom stereocenters. The molecule has 1 aliphatic heterocycles. The molecule has 7 heteroatoms. The molecule has 27 heavy (non-hydrogen) atoms. The Morgan fingerprint density at radius 2 is 2.19 bits per heavy atom. The maximum atomic E-state index is 11.6. The summed E-state index contributed by atoms with van der Waals surface area (Å²) in [5, 5.41) is 8.82. The smallest absolute Gasteiger partial charge is 0.246 e. The molecule has 1 aromatic carbocycles. The zero-order chi connectivity index (χ0) is 18.6. The van der Waals surface area contributed by atoms with Gasteiger partial charge in [-0.2, -0.15) is 5.10 Å². The number of fused-ring (bicyclic) bond motifs is 2. The number of aromatic nitrogens is 2. The lowest BCUT2D eigenvalue weighted by atomic mass is 10.2. The minimum atomic E-state index is -0.118. The lowest BCUT2D eigenvalue weighted by Gasteiger charge is -2.18. The van der Waals surface area contributed by atoms with Crippen molar-refractivity contribution in [2.75, 3.05) is 20.3 Å². The van der Waals surface area contributed by atoms with Crippen molar-refractivity contribution < 1.29 is 9.53 Å². The van der Waals surface area contributed by atoms with E-state index in [0.29, 0.717) is 6.54 Å². The molecule has 1 N–H and O–H groups in total. The minimum absolute atomic E-state index is 0.0799. The SMILES string of the molecule is COCC(=O)NCc1cc2n(n1)CCCN(Cc1cc3ccccc3s1)C2. The topological polar surface area (TPSA) is 59.4 Å². The molecule has 0 aliphatic carbocycles. The number of rotatable bonds is 6. The number of nitrogens with zero attached hydrogens (tertiary/aromatic N) is 3. The Morgan fingerprint density at radius 3 is 3.04 bits per heavy atom. The molecule has 3 aromatic rings. The van der Waals surface area contributed by atoms with Gasteiger partial charge in [0.15, 0.2) is 0 Å². The predicted molar refractivity (Wildman–Crippen MR) is 107 cm³/mol. The zero-order valence-electron chi connectivity index (χ0n) is 15.5. The number of amides is 1. The van der Waals surface area contributed by atoms with Crippen LogP contribution in [0.2, 0.25) is 0 Å². The van der Waals surface area contributed by atoms with Gasteiger partial charge in [0.1, 0.15) is 6.61 Å². The van der Waals surface area contributed by atoms with Gasteiger partial charge >= 0.3 is 0 Å². The van der Waals surface area contributed by atoms with Crippen molar-refractivity contribution in [3.63, 3.8) is 0 Å². The number of hydrogen-bond acceptors (Lipinski definition) is 5. The number of carbonyl (C=O) groups excluding carboxylic acids is 1. The van der Waals surface area contributed by atoms with Crippen LogP contribution in [0.5, 0.6) is 0 Å². The van der Waals surface area contributed by atoms with Gasteiger partial charge in [-0.25, -0.2) is 0 Å². The second kappa shape index (κ2) is 8.21. The molecule has 0 radical (unpaired) electrons. The van der Waals surface area contributed by atoms with Crippen molar-refractivity contribution in [1.82, 2.24) is 20.0 Å². The molecule has 0 spiro atoms. The van der Waals surface area contributed by atoms with Crippen molar-refractivity contribution >= 4 is 27.3 Å². The summed E-state index contributed by atoms with van der Waals surface area (Å²) in [6.45, 7) is 4.36. The van der Waals surface area contributed by atoms with Crippen LogP contribution in [0.4, 0.5) is 0 Å². The van der Waals surface area contributed by atoms with E-state index >= 15 is 0 Å². The first-order valence-electron chi connectivity index (χ1n) is 9.22. The highest BCUT2D eigenvalue weighted by Crippen LogP contribution is 2.27. The fraction of sp³-hybridized carbons (Fsp3) is 0.400. The number of aryl methyl sites for hydroxylation is 1. The van der Waals surface area contributed by atoms with Crippen molar-refractivity contribution in [2.45, 2.75) is 32.6 Å². The molecule has 1 aliphatic rings. The third kappa shape index (κ3) is 4.37. The lowest BCUT2D eigenvalue weighted by molar-refractivity contribution is -0.124. The van der Waals surface area contributed by atoms with Crippen LogP contribution in [0, 0.1) is 0 Å². The van der Waals surface area contributed by atoms with Crippen LogP contribution in [0.15, 0.2) is 36.4 Å². The molecule has 3 heterocycles. The fourth-order valence-electron chi connectivity index (χ4n) is 3.52. The average Bonchev–Trinajstić information content (AvgIpc) is 3.18. The Bertz CT molecular complexity index is 900. The number of thiophene rings is 1. The molecule has 2 aromatic heterocycles. The van der Waals surface area contributed by atoms with Gasteiger partial charge in [-0.15, -0.1) is 11.3 Å².